The standard InChI is InChI=1S/C13H24N2O3/c1-4-5-9(2)15(3)13(18)14-11(8-12(16)17)10-6-7-10/h9-11H,4-8H2,1-3H3,(H,14,18)(H,16,17). The Labute approximate surface area is 109 Å². The molecule has 104 valence electrons. The lowest BCUT2D eigenvalue weighted by atomic mass is 10.1. The van der Waals surface area contributed by atoms with Crippen LogP contribution >= 0.6 is 0 Å². The van der Waals surface area contributed by atoms with Gasteiger partial charge in [-0.2, -0.15) is 0 Å². The molecule has 0 aromatic carbocycles. The van der Waals surface area contributed by atoms with Crippen LogP contribution in [-0.2, 0) is 4.79 Å². The summed E-state index contributed by atoms with van der Waals surface area (Å²) in [6.45, 7) is 4.09. The molecule has 5 nitrogen and oxygen atoms in total. The summed E-state index contributed by atoms with van der Waals surface area (Å²) in [4.78, 5) is 24.4. The summed E-state index contributed by atoms with van der Waals surface area (Å²) in [5.74, 6) is -0.503. The highest BCUT2D eigenvalue weighted by atomic mass is 16.4. The van der Waals surface area contributed by atoms with Crippen LogP contribution < -0.4 is 5.32 Å². The summed E-state index contributed by atoms with van der Waals surface area (Å²) < 4.78 is 0. The van der Waals surface area contributed by atoms with E-state index in [9.17, 15) is 9.59 Å². The normalized spacial score (nSPS) is 17.9. The van der Waals surface area contributed by atoms with E-state index in [1.54, 1.807) is 11.9 Å². The number of amides is 2. The molecule has 0 spiro atoms. The van der Waals surface area contributed by atoms with Crippen molar-refractivity contribution in [3.8, 4) is 0 Å². The summed E-state index contributed by atoms with van der Waals surface area (Å²) in [7, 11) is 1.76. The lowest BCUT2D eigenvalue weighted by Crippen LogP contribution is -2.47. The minimum Gasteiger partial charge on any atom is -0.481 e. The smallest absolute Gasteiger partial charge is 0.317 e. The van der Waals surface area contributed by atoms with Crippen LogP contribution in [0.25, 0.3) is 0 Å². The fraction of sp³-hybridized carbons (Fsp3) is 0.846. The Morgan fingerprint density at radius 3 is 2.50 bits per heavy atom. The maximum Gasteiger partial charge on any atom is 0.317 e. The molecular formula is C13H24N2O3. The molecule has 0 aliphatic heterocycles. The Morgan fingerprint density at radius 2 is 2.06 bits per heavy atom. The van der Waals surface area contributed by atoms with Crippen LogP contribution in [0.3, 0.4) is 0 Å². The van der Waals surface area contributed by atoms with Crippen molar-refractivity contribution in [1.29, 1.82) is 0 Å². The summed E-state index contributed by atoms with van der Waals surface area (Å²) >= 11 is 0. The van der Waals surface area contributed by atoms with Crippen LogP contribution in [0.15, 0.2) is 0 Å². The Bertz CT molecular complexity index is 303. The number of hydrogen-bond donors (Lipinski definition) is 2. The molecule has 1 aliphatic rings. The number of nitrogens with one attached hydrogen (secondary N) is 1. The third-order valence-corrected chi connectivity index (χ3v) is 3.58. The van der Waals surface area contributed by atoms with E-state index in [-0.39, 0.29) is 24.5 Å². The second kappa shape index (κ2) is 6.61. The molecule has 1 aliphatic carbocycles. The van der Waals surface area contributed by atoms with Gasteiger partial charge in [0.1, 0.15) is 0 Å². The van der Waals surface area contributed by atoms with Gasteiger partial charge in [0.2, 0.25) is 0 Å². The molecule has 0 heterocycles. The van der Waals surface area contributed by atoms with Gasteiger partial charge in [-0.15, -0.1) is 0 Å². The topological polar surface area (TPSA) is 69.6 Å². The van der Waals surface area contributed by atoms with Crippen LogP contribution in [0.5, 0.6) is 0 Å². The number of carboxylic acid groups (broad SMARTS) is 1. The van der Waals surface area contributed by atoms with Gasteiger partial charge in [0.25, 0.3) is 0 Å². The van der Waals surface area contributed by atoms with Gasteiger partial charge in [0.05, 0.1) is 6.42 Å². The summed E-state index contributed by atoms with van der Waals surface area (Å²) in [6.07, 6.45) is 4.04. The molecule has 0 aromatic heterocycles. The minimum atomic E-state index is -0.851. The number of urea groups is 1. The molecule has 2 N–H and O–H groups in total. The first-order valence-corrected chi connectivity index (χ1v) is 6.70. The van der Waals surface area contributed by atoms with Gasteiger partial charge >= 0.3 is 12.0 Å². The number of carbonyl (C=O) groups is 2. The molecule has 5 heteroatoms. The van der Waals surface area contributed by atoms with Gasteiger partial charge < -0.3 is 15.3 Å². The predicted octanol–water partition coefficient (Wildman–Crippen LogP) is 2.07. The Balaban J connectivity index is 2.47. The van der Waals surface area contributed by atoms with Gasteiger partial charge in [-0.1, -0.05) is 13.3 Å². The SMILES string of the molecule is CCCC(C)N(C)C(=O)NC(CC(=O)O)C1CC1. The van der Waals surface area contributed by atoms with Crippen LogP contribution in [0.1, 0.15) is 46.0 Å². The van der Waals surface area contributed by atoms with E-state index >= 15 is 0 Å². The van der Waals surface area contributed by atoms with Gasteiger partial charge in [-0.05, 0) is 32.1 Å². The second-order valence-corrected chi connectivity index (χ2v) is 5.24. The van der Waals surface area contributed by atoms with Gasteiger partial charge in [0, 0.05) is 19.1 Å². The first kappa shape index (κ1) is 14.8. The van der Waals surface area contributed by atoms with E-state index in [1.165, 1.54) is 0 Å². The molecular weight excluding hydrogens is 232 g/mol. The van der Waals surface area contributed by atoms with Crippen LogP contribution in [0.4, 0.5) is 4.79 Å². The fourth-order valence-electron chi connectivity index (χ4n) is 2.09. The van der Waals surface area contributed by atoms with E-state index in [4.69, 9.17) is 5.11 Å². The Kier molecular flexibility index (Phi) is 5.44. The lowest BCUT2D eigenvalue weighted by Gasteiger charge is -2.27. The number of carbonyl (C=O) groups excluding carboxylic acids is 1. The van der Waals surface area contributed by atoms with Crippen LogP contribution in [-0.4, -0.2) is 41.1 Å². The molecule has 0 saturated heterocycles. The van der Waals surface area contributed by atoms with Crippen molar-refractivity contribution in [1.82, 2.24) is 10.2 Å². The second-order valence-electron chi connectivity index (χ2n) is 5.24. The molecule has 18 heavy (non-hydrogen) atoms. The fourth-order valence-corrected chi connectivity index (χ4v) is 2.09. The highest BCUT2D eigenvalue weighted by Crippen LogP contribution is 2.34. The number of nitrogens with zero attached hydrogens (tertiary/aromatic N) is 1. The third-order valence-electron chi connectivity index (χ3n) is 3.58. The van der Waals surface area contributed by atoms with Gasteiger partial charge in [-0.3, -0.25) is 4.79 Å². The molecule has 1 rings (SSSR count). The van der Waals surface area contributed by atoms with E-state index < -0.39 is 5.97 Å². The van der Waals surface area contributed by atoms with Crippen molar-refractivity contribution in [2.24, 2.45) is 5.92 Å². The maximum absolute atomic E-state index is 12.0. The zero-order valence-electron chi connectivity index (χ0n) is 11.5. The first-order chi connectivity index (χ1) is 8.45. The van der Waals surface area contributed by atoms with Crippen molar-refractivity contribution >= 4 is 12.0 Å². The summed E-state index contributed by atoms with van der Waals surface area (Å²) in [5.41, 5.74) is 0. The maximum atomic E-state index is 12.0. The number of carboxylic acids is 1. The monoisotopic (exact) mass is 256 g/mol. The largest absolute Gasteiger partial charge is 0.481 e. The molecule has 0 radical (unpaired) electrons. The molecule has 2 atom stereocenters. The van der Waals surface area contributed by atoms with Crippen molar-refractivity contribution in [2.75, 3.05) is 7.05 Å². The van der Waals surface area contributed by atoms with Crippen molar-refractivity contribution < 1.29 is 14.7 Å². The quantitative estimate of drug-likeness (QED) is 0.732. The average molecular weight is 256 g/mol. The van der Waals surface area contributed by atoms with Gasteiger partial charge in [-0.25, -0.2) is 4.79 Å². The molecule has 1 fully saturated rings. The lowest BCUT2D eigenvalue weighted by molar-refractivity contribution is -0.137. The summed E-state index contributed by atoms with van der Waals surface area (Å²) in [5, 5.41) is 11.7. The highest BCUT2D eigenvalue weighted by molar-refractivity contribution is 5.76. The molecule has 2 unspecified atom stereocenters. The Hall–Kier alpha value is -1.26. The van der Waals surface area contributed by atoms with E-state index in [0.717, 1.165) is 25.7 Å². The molecule has 1 saturated carbocycles. The van der Waals surface area contributed by atoms with Gasteiger partial charge in [0.15, 0.2) is 0 Å². The summed E-state index contributed by atoms with van der Waals surface area (Å²) in [6, 6.07) is -0.194. The van der Waals surface area contributed by atoms with E-state index in [0.29, 0.717) is 5.92 Å². The van der Waals surface area contributed by atoms with Crippen LogP contribution in [0, 0.1) is 5.92 Å². The number of rotatable bonds is 7. The predicted molar refractivity (Wildman–Crippen MR) is 69.4 cm³/mol. The highest BCUT2D eigenvalue weighted by Gasteiger charge is 2.34. The van der Waals surface area contributed by atoms with E-state index in [2.05, 4.69) is 12.2 Å². The molecule has 0 aromatic rings. The zero-order valence-corrected chi connectivity index (χ0v) is 11.5. The van der Waals surface area contributed by atoms with E-state index in [1.807, 2.05) is 6.92 Å². The van der Waals surface area contributed by atoms with Crippen molar-refractivity contribution in [3.05, 3.63) is 0 Å². The molecule has 2 amide bonds. The number of aliphatic carboxylic acids is 1. The minimum absolute atomic E-state index is 0.0202. The third kappa shape index (κ3) is 4.55. The zero-order chi connectivity index (χ0) is 13.7. The average Bonchev–Trinajstić information content (AvgIpc) is 3.10. The Morgan fingerprint density at radius 1 is 1.44 bits per heavy atom. The van der Waals surface area contributed by atoms with Crippen LogP contribution in [0.2, 0.25) is 0 Å². The first-order valence-electron chi connectivity index (χ1n) is 6.70. The molecule has 0 bridgehead atoms. The number of hydrogen-bond acceptors (Lipinski definition) is 2. The van der Waals surface area contributed by atoms with Crippen molar-refractivity contribution in [3.63, 3.8) is 0 Å². The van der Waals surface area contributed by atoms with Crippen molar-refractivity contribution in [2.45, 2.75) is 58.0 Å².